The molecule has 0 aromatic heterocycles. The van der Waals surface area contributed by atoms with Gasteiger partial charge in [0.05, 0.1) is 11.5 Å². The van der Waals surface area contributed by atoms with Crippen LogP contribution >= 0.6 is 0 Å². The molecule has 1 saturated carbocycles. The van der Waals surface area contributed by atoms with E-state index in [0.29, 0.717) is 17.8 Å². The Labute approximate surface area is 119 Å². The monoisotopic (exact) mass is 278 g/mol. The molecule has 5 heteroatoms. The number of ether oxygens (including phenoxy) is 1. The number of nitro groups is 1. The summed E-state index contributed by atoms with van der Waals surface area (Å²) in [6.07, 6.45) is 5.07. The molecule has 0 amide bonds. The molecule has 2 rings (SSSR count). The standard InChI is InChI=1S/C15H22N2O3/c1-3-20-14-10-12(6-7-13(14)17(18)19)16-11-15(2)8-4-5-9-15/h6-7,10,16H,3-5,8-9,11H2,1-2H3. The van der Waals surface area contributed by atoms with E-state index < -0.39 is 4.92 Å². The van der Waals surface area contributed by atoms with Crippen molar-refractivity contribution < 1.29 is 9.66 Å². The van der Waals surface area contributed by atoms with Crippen molar-refractivity contribution in [2.75, 3.05) is 18.5 Å². The predicted octanol–water partition coefficient (Wildman–Crippen LogP) is 3.99. The van der Waals surface area contributed by atoms with E-state index in [9.17, 15) is 10.1 Å². The molecule has 0 atom stereocenters. The SMILES string of the molecule is CCOc1cc(NCC2(C)CCCC2)ccc1[N+](=O)[O-]. The van der Waals surface area contributed by atoms with E-state index in [0.717, 1.165) is 12.2 Å². The smallest absolute Gasteiger partial charge is 0.311 e. The lowest BCUT2D eigenvalue weighted by molar-refractivity contribution is -0.385. The maximum atomic E-state index is 10.9. The summed E-state index contributed by atoms with van der Waals surface area (Å²) in [4.78, 5) is 10.5. The van der Waals surface area contributed by atoms with Crippen molar-refractivity contribution in [3.8, 4) is 5.75 Å². The van der Waals surface area contributed by atoms with Crippen LogP contribution in [0.5, 0.6) is 5.75 Å². The van der Waals surface area contributed by atoms with Crippen LogP contribution in [-0.4, -0.2) is 18.1 Å². The molecular weight excluding hydrogens is 256 g/mol. The molecule has 0 heterocycles. The second-order valence-corrected chi connectivity index (χ2v) is 5.74. The second kappa shape index (κ2) is 6.11. The first-order chi connectivity index (χ1) is 9.54. The van der Waals surface area contributed by atoms with Crippen LogP contribution in [0.4, 0.5) is 11.4 Å². The lowest BCUT2D eigenvalue weighted by Crippen LogP contribution is -2.22. The van der Waals surface area contributed by atoms with Gasteiger partial charge in [0, 0.05) is 24.4 Å². The molecule has 0 radical (unpaired) electrons. The molecule has 0 aliphatic heterocycles. The fraction of sp³-hybridized carbons (Fsp3) is 0.600. The highest BCUT2D eigenvalue weighted by Crippen LogP contribution is 2.38. The number of rotatable bonds is 6. The van der Waals surface area contributed by atoms with Crippen LogP contribution in [0, 0.1) is 15.5 Å². The summed E-state index contributed by atoms with van der Waals surface area (Å²) >= 11 is 0. The topological polar surface area (TPSA) is 64.4 Å². The number of benzene rings is 1. The third kappa shape index (κ3) is 3.40. The molecule has 0 saturated heterocycles. The molecule has 20 heavy (non-hydrogen) atoms. The van der Waals surface area contributed by atoms with E-state index >= 15 is 0 Å². The van der Waals surface area contributed by atoms with Gasteiger partial charge < -0.3 is 10.1 Å². The molecule has 0 spiro atoms. The van der Waals surface area contributed by atoms with Crippen molar-refractivity contribution >= 4 is 11.4 Å². The van der Waals surface area contributed by atoms with E-state index in [4.69, 9.17) is 4.74 Å². The summed E-state index contributed by atoms with van der Waals surface area (Å²) in [6.45, 7) is 5.43. The minimum absolute atomic E-state index is 0.0180. The number of nitrogens with one attached hydrogen (secondary N) is 1. The highest BCUT2D eigenvalue weighted by molar-refractivity contribution is 5.58. The maximum absolute atomic E-state index is 10.9. The molecule has 0 unspecified atom stereocenters. The first-order valence-corrected chi connectivity index (χ1v) is 7.19. The Balaban J connectivity index is 2.08. The Morgan fingerprint density at radius 1 is 1.40 bits per heavy atom. The molecule has 1 aliphatic rings. The fourth-order valence-corrected chi connectivity index (χ4v) is 2.77. The Kier molecular flexibility index (Phi) is 4.47. The Morgan fingerprint density at radius 3 is 2.70 bits per heavy atom. The minimum atomic E-state index is -0.410. The highest BCUT2D eigenvalue weighted by atomic mass is 16.6. The first-order valence-electron chi connectivity index (χ1n) is 7.19. The van der Waals surface area contributed by atoms with Crippen LogP contribution in [0.3, 0.4) is 0 Å². The third-order valence-electron chi connectivity index (χ3n) is 3.99. The first kappa shape index (κ1) is 14.6. The molecule has 110 valence electrons. The minimum Gasteiger partial charge on any atom is -0.487 e. The van der Waals surface area contributed by atoms with Crippen LogP contribution in [0.1, 0.15) is 39.5 Å². The van der Waals surface area contributed by atoms with Gasteiger partial charge in [0.1, 0.15) is 0 Å². The third-order valence-corrected chi connectivity index (χ3v) is 3.99. The van der Waals surface area contributed by atoms with Gasteiger partial charge in [-0.15, -0.1) is 0 Å². The number of nitrogens with zero attached hydrogens (tertiary/aromatic N) is 1. The van der Waals surface area contributed by atoms with E-state index in [1.54, 1.807) is 12.1 Å². The molecule has 1 aromatic carbocycles. The van der Waals surface area contributed by atoms with Gasteiger partial charge in [0.2, 0.25) is 0 Å². The maximum Gasteiger partial charge on any atom is 0.311 e. The zero-order valence-electron chi connectivity index (χ0n) is 12.1. The summed E-state index contributed by atoms with van der Waals surface area (Å²) in [5.41, 5.74) is 1.24. The van der Waals surface area contributed by atoms with E-state index in [1.165, 1.54) is 31.7 Å². The van der Waals surface area contributed by atoms with Crippen molar-refractivity contribution in [2.45, 2.75) is 39.5 Å². The Bertz CT molecular complexity index is 482. The molecular formula is C15H22N2O3. The average molecular weight is 278 g/mol. The van der Waals surface area contributed by atoms with Gasteiger partial charge >= 0.3 is 5.69 Å². The Morgan fingerprint density at radius 2 is 2.10 bits per heavy atom. The molecule has 1 fully saturated rings. The average Bonchev–Trinajstić information content (AvgIpc) is 2.84. The van der Waals surface area contributed by atoms with Gasteiger partial charge in [-0.1, -0.05) is 19.8 Å². The highest BCUT2D eigenvalue weighted by Gasteiger charge is 2.28. The van der Waals surface area contributed by atoms with Crippen LogP contribution in [0.25, 0.3) is 0 Å². The molecule has 0 bridgehead atoms. The zero-order valence-corrected chi connectivity index (χ0v) is 12.1. The summed E-state index contributed by atoms with van der Waals surface area (Å²) in [7, 11) is 0. The lowest BCUT2D eigenvalue weighted by Gasteiger charge is -2.24. The van der Waals surface area contributed by atoms with Crippen molar-refractivity contribution in [3.63, 3.8) is 0 Å². The van der Waals surface area contributed by atoms with Crippen LogP contribution in [-0.2, 0) is 0 Å². The predicted molar refractivity (Wildman–Crippen MR) is 79.3 cm³/mol. The van der Waals surface area contributed by atoms with Gasteiger partial charge in [-0.25, -0.2) is 0 Å². The Hall–Kier alpha value is -1.78. The molecule has 5 nitrogen and oxygen atoms in total. The number of nitro benzene ring substituents is 1. The van der Waals surface area contributed by atoms with Crippen LogP contribution in [0.15, 0.2) is 18.2 Å². The summed E-state index contributed by atoms with van der Waals surface area (Å²) < 4.78 is 5.35. The summed E-state index contributed by atoms with van der Waals surface area (Å²) in [6, 6.07) is 4.98. The van der Waals surface area contributed by atoms with Crippen LogP contribution < -0.4 is 10.1 Å². The van der Waals surface area contributed by atoms with Gasteiger partial charge in [0.25, 0.3) is 0 Å². The molecule has 1 aromatic rings. The van der Waals surface area contributed by atoms with Gasteiger partial charge in [-0.2, -0.15) is 0 Å². The van der Waals surface area contributed by atoms with Crippen LogP contribution in [0.2, 0.25) is 0 Å². The van der Waals surface area contributed by atoms with Crippen molar-refractivity contribution in [1.29, 1.82) is 0 Å². The normalized spacial score (nSPS) is 16.9. The quantitative estimate of drug-likeness (QED) is 0.631. The number of hydrogen-bond donors (Lipinski definition) is 1. The zero-order chi connectivity index (χ0) is 14.6. The van der Waals surface area contributed by atoms with Crippen molar-refractivity contribution in [3.05, 3.63) is 28.3 Å². The lowest BCUT2D eigenvalue weighted by atomic mass is 9.89. The fourth-order valence-electron chi connectivity index (χ4n) is 2.77. The number of hydrogen-bond acceptors (Lipinski definition) is 4. The molecule has 1 aliphatic carbocycles. The van der Waals surface area contributed by atoms with Gasteiger partial charge in [0.15, 0.2) is 5.75 Å². The van der Waals surface area contributed by atoms with Crippen molar-refractivity contribution in [2.24, 2.45) is 5.41 Å². The van der Waals surface area contributed by atoms with Crippen molar-refractivity contribution in [1.82, 2.24) is 0 Å². The van der Waals surface area contributed by atoms with Gasteiger partial charge in [-0.05, 0) is 31.2 Å². The van der Waals surface area contributed by atoms with E-state index in [1.807, 2.05) is 6.92 Å². The summed E-state index contributed by atoms with van der Waals surface area (Å²) in [5, 5.41) is 14.3. The van der Waals surface area contributed by atoms with Gasteiger partial charge in [-0.3, -0.25) is 10.1 Å². The molecule has 1 N–H and O–H groups in total. The van der Waals surface area contributed by atoms with E-state index in [2.05, 4.69) is 12.2 Å². The summed E-state index contributed by atoms with van der Waals surface area (Å²) in [5.74, 6) is 0.332. The second-order valence-electron chi connectivity index (χ2n) is 5.74. The number of anilines is 1. The van der Waals surface area contributed by atoms with E-state index in [-0.39, 0.29) is 5.69 Å². The largest absolute Gasteiger partial charge is 0.487 e.